The monoisotopic (exact) mass is 356 g/mol. The van der Waals surface area contributed by atoms with Crippen molar-refractivity contribution in [2.45, 2.75) is 19.9 Å². The maximum atomic E-state index is 11.6. The second-order valence-corrected chi connectivity index (χ2v) is 5.96. The Morgan fingerprint density at radius 2 is 2.13 bits per heavy atom. The number of aromatic nitrogens is 2. The molecule has 2 rings (SSSR count). The lowest BCUT2D eigenvalue weighted by Crippen LogP contribution is -2.36. The van der Waals surface area contributed by atoms with Crippen LogP contribution in [0, 0.1) is 0 Å². The number of halogens is 2. The second kappa shape index (κ2) is 7.77. The minimum atomic E-state index is -0.204. The number of carbonyl (C=O) groups excluding carboxylic acids is 1. The smallest absolute Gasteiger partial charge is 0.249 e. The third kappa shape index (κ3) is 4.43. The highest BCUT2D eigenvalue weighted by Crippen LogP contribution is 2.30. The number of hydrogen-bond donors (Lipinski definition) is 1. The molecule has 1 N–H and O–H groups in total. The molecule has 0 aliphatic heterocycles. The molecule has 0 fully saturated rings. The maximum Gasteiger partial charge on any atom is 0.249 e. The van der Waals surface area contributed by atoms with Crippen LogP contribution in [0.4, 0.5) is 0 Å². The summed E-state index contributed by atoms with van der Waals surface area (Å²) in [5.74, 6) is 0.681. The largest absolute Gasteiger partial charge is 0.419 e. The first-order valence-corrected chi connectivity index (χ1v) is 7.93. The van der Waals surface area contributed by atoms with E-state index < -0.39 is 0 Å². The molecule has 0 spiro atoms. The van der Waals surface area contributed by atoms with E-state index in [0.29, 0.717) is 33.9 Å². The highest BCUT2D eigenvalue weighted by Gasteiger charge is 2.21. The first-order chi connectivity index (χ1) is 10.9. The Balaban J connectivity index is 2.13. The van der Waals surface area contributed by atoms with E-state index in [1.807, 2.05) is 25.8 Å². The number of likely N-dealkylation sites (N-methyl/N-ethyl adjacent to an activating group) is 2. The van der Waals surface area contributed by atoms with Gasteiger partial charge in [-0.3, -0.25) is 9.69 Å². The molecule has 1 atom stereocenters. The molecule has 0 saturated heterocycles. The molecule has 1 aromatic heterocycles. The van der Waals surface area contributed by atoms with Gasteiger partial charge in [0.2, 0.25) is 17.7 Å². The van der Waals surface area contributed by atoms with Gasteiger partial charge in [0, 0.05) is 11.6 Å². The van der Waals surface area contributed by atoms with Crippen LogP contribution >= 0.6 is 23.2 Å². The summed E-state index contributed by atoms with van der Waals surface area (Å²) >= 11 is 12.0. The van der Waals surface area contributed by atoms with Gasteiger partial charge < -0.3 is 9.73 Å². The number of hydrogen-bond acceptors (Lipinski definition) is 5. The summed E-state index contributed by atoms with van der Waals surface area (Å²) in [6.07, 6.45) is 0. The predicted octanol–water partition coefficient (Wildman–Crippen LogP) is 3.17. The Bertz CT molecular complexity index is 690. The van der Waals surface area contributed by atoms with E-state index in [1.165, 1.54) is 0 Å². The summed E-state index contributed by atoms with van der Waals surface area (Å²) in [6.45, 7) is 4.61. The topological polar surface area (TPSA) is 71.3 Å². The molecule has 124 valence electrons. The van der Waals surface area contributed by atoms with Gasteiger partial charge in [-0.25, -0.2) is 0 Å². The summed E-state index contributed by atoms with van der Waals surface area (Å²) in [5, 5.41) is 11.8. The zero-order valence-electron chi connectivity index (χ0n) is 13.1. The summed E-state index contributed by atoms with van der Waals surface area (Å²) in [6, 6.07) is 4.85. The van der Waals surface area contributed by atoms with Gasteiger partial charge in [0.1, 0.15) is 0 Å². The van der Waals surface area contributed by atoms with Crippen molar-refractivity contribution in [3.05, 3.63) is 34.1 Å². The van der Waals surface area contributed by atoms with E-state index in [2.05, 4.69) is 15.5 Å². The summed E-state index contributed by atoms with van der Waals surface area (Å²) in [4.78, 5) is 13.5. The highest BCUT2D eigenvalue weighted by atomic mass is 35.5. The van der Waals surface area contributed by atoms with E-state index in [4.69, 9.17) is 27.6 Å². The van der Waals surface area contributed by atoms with Gasteiger partial charge >= 0.3 is 0 Å². The molecule has 0 unspecified atom stereocenters. The Hall–Kier alpha value is -1.63. The van der Waals surface area contributed by atoms with E-state index >= 15 is 0 Å². The maximum absolute atomic E-state index is 11.6. The summed E-state index contributed by atoms with van der Waals surface area (Å²) in [5.41, 5.74) is 0.619. The van der Waals surface area contributed by atoms with Gasteiger partial charge in [0.25, 0.3) is 0 Å². The number of amides is 1. The van der Waals surface area contributed by atoms with E-state index in [0.717, 1.165) is 0 Å². The van der Waals surface area contributed by atoms with Gasteiger partial charge in [-0.2, -0.15) is 0 Å². The van der Waals surface area contributed by atoms with Crippen molar-refractivity contribution in [3.63, 3.8) is 0 Å². The zero-order valence-corrected chi connectivity index (χ0v) is 14.6. The van der Waals surface area contributed by atoms with Crippen LogP contribution in [0.25, 0.3) is 11.5 Å². The average Bonchev–Trinajstić information content (AvgIpc) is 2.96. The fraction of sp³-hybridized carbons (Fsp3) is 0.400. The third-order valence-corrected chi connectivity index (χ3v) is 3.94. The lowest BCUT2D eigenvalue weighted by atomic mass is 10.2. The molecular weight excluding hydrogens is 339 g/mol. The van der Waals surface area contributed by atoms with Gasteiger partial charge in [-0.1, -0.05) is 23.2 Å². The van der Waals surface area contributed by atoms with Crippen molar-refractivity contribution in [1.29, 1.82) is 0 Å². The molecule has 1 amide bonds. The molecule has 0 aliphatic rings. The zero-order chi connectivity index (χ0) is 17.0. The normalized spacial score (nSPS) is 12.4. The molecule has 8 heteroatoms. The minimum absolute atomic E-state index is 0.0534. The molecule has 6 nitrogen and oxygen atoms in total. The Morgan fingerprint density at radius 1 is 1.39 bits per heavy atom. The van der Waals surface area contributed by atoms with Crippen LogP contribution in [0.2, 0.25) is 10.0 Å². The predicted molar refractivity (Wildman–Crippen MR) is 89.5 cm³/mol. The molecule has 0 radical (unpaired) electrons. The van der Waals surface area contributed by atoms with Crippen molar-refractivity contribution < 1.29 is 9.21 Å². The molecule has 2 aromatic rings. The van der Waals surface area contributed by atoms with E-state index in [1.54, 1.807) is 18.2 Å². The van der Waals surface area contributed by atoms with Crippen LogP contribution < -0.4 is 5.32 Å². The van der Waals surface area contributed by atoms with Crippen molar-refractivity contribution in [2.75, 3.05) is 20.1 Å². The highest BCUT2D eigenvalue weighted by molar-refractivity contribution is 6.36. The molecule has 23 heavy (non-hydrogen) atoms. The van der Waals surface area contributed by atoms with Crippen molar-refractivity contribution in [3.8, 4) is 11.5 Å². The molecule has 0 bridgehead atoms. The van der Waals surface area contributed by atoms with Crippen molar-refractivity contribution >= 4 is 29.1 Å². The Morgan fingerprint density at radius 3 is 2.78 bits per heavy atom. The fourth-order valence-corrected chi connectivity index (χ4v) is 2.47. The lowest BCUT2D eigenvalue weighted by molar-refractivity contribution is -0.122. The summed E-state index contributed by atoms with van der Waals surface area (Å²) < 4.78 is 5.69. The second-order valence-electron chi connectivity index (χ2n) is 5.11. The van der Waals surface area contributed by atoms with Crippen LogP contribution in [0.5, 0.6) is 0 Å². The number of rotatable bonds is 6. The molecular formula is C15H18Cl2N4O2. The average molecular weight is 357 g/mol. The van der Waals surface area contributed by atoms with Gasteiger partial charge in [0.15, 0.2) is 0 Å². The number of nitrogens with zero attached hydrogens (tertiary/aromatic N) is 3. The van der Waals surface area contributed by atoms with Crippen LogP contribution in [0.1, 0.15) is 25.8 Å². The molecule has 0 saturated carbocycles. The Labute approximate surface area is 144 Å². The Kier molecular flexibility index (Phi) is 5.98. The van der Waals surface area contributed by atoms with Gasteiger partial charge in [0.05, 0.1) is 23.2 Å². The number of benzene rings is 1. The van der Waals surface area contributed by atoms with Crippen molar-refractivity contribution in [2.24, 2.45) is 0 Å². The quantitative estimate of drug-likeness (QED) is 0.860. The molecule has 1 heterocycles. The summed E-state index contributed by atoms with van der Waals surface area (Å²) in [7, 11) is 1.82. The van der Waals surface area contributed by atoms with Crippen LogP contribution in [0.15, 0.2) is 22.6 Å². The SMILES string of the molecule is CCNC(=O)CN(C)[C@H](C)c1nnc(-c2ccc(Cl)cc2Cl)o1. The fourth-order valence-electron chi connectivity index (χ4n) is 1.98. The number of carbonyl (C=O) groups is 1. The van der Waals surface area contributed by atoms with E-state index in [-0.39, 0.29) is 18.5 Å². The lowest BCUT2D eigenvalue weighted by Gasteiger charge is -2.20. The van der Waals surface area contributed by atoms with Crippen LogP contribution in [0.3, 0.4) is 0 Å². The van der Waals surface area contributed by atoms with Gasteiger partial charge in [-0.15, -0.1) is 10.2 Å². The van der Waals surface area contributed by atoms with Crippen LogP contribution in [-0.4, -0.2) is 41.1 Å². The first-order valence-electron chi connectivity index (χ1n) is 7.18. The minimum Gasteiger partial charge on any atom is -0.419 e. The van der Waals surface area contributed by atoms with Crippen molar-refractivity contribution in [1.82, 2.24) is 20.4 Å². The van der Waals surface area contributed by atoms with Crippen LogP contribution in [-0.2, 0) is 4.79 Å². The molecule has 0 aliphatic carbocycles. The number of nitrogens with one attached hydrogen (secondary N) is 1. The molecule has 1 aromatic carbocycles. The first kappa shape index (κ1) is 17.7. The van der Waals surface area contributed by atoms with E-state index in [9.17, 15) is 4.79 Å². The van der Waals surface area contributed by atoms with Gasteiger partial charge in [-0.05, 0) is 39.1 Å². The third-order valence-electron chi connectivity index (χ3n) is 3.39. The standard InChI is InChI=1S/C15H18Cl2N4O2/c1-4-18-13(22)8-21(3)9(2)14-19-20-15(23-14)11-6-5-10(16)7-12(11)17/h5-7,9H,4,8H2,1-3H3,(H,18,22)/t9-/m1/s1.